The fourth-order valence-electron chi connectivity index (χ4n) is 3.61. The maximum atomic E-state index is 8.06. The van der Waals surface area contributed by atoms with E-state index in [0.717, 1.165) is 32.3 Å². The zero-order valence-electron chi connectivity index (χ0n) is 10.6. The molecule has 100 valence electrons. The minimum Gasteiger partial charge on any atom is -0.481 e. The van der Waals surface area contributed by atoms with Crippen LogP contribution in [0.3, 0.4) is 0 Å². The van der Waals surface area contributed by atoms with Crippen LogP contribution in [-0.4, -0.2) is 36.9 Å². The van der Waals surface area contributed by atoms with E-state index in [2.05, 4.69) is 0 Å². The van der Waals surface area contributed by atoms with Gasteiger partial charge in [0.2, 0.25) is 0 Å². The minimum absolute atomic E-state index is 0.308. The average molecular weight is 251 g/mol. The predicted molar refractivity (Wildman–Crippen MR) is 65.7 cm³/mol. The number of hydrogen-bond donors (Lipinski definition) is 1. The molecule has 0 bridgehead atoms. The van der Waals surface area contributed by atoms with E-state index >= 15 is 0 Å². The fraction of sp³-hybridized carbons (Fsp3) is 0.929. The summed E-state index contributed by atoms with van der Waals surface area (Å²) in [6.45, 7) is 0.719. The second kappa shape index (κ2) is 4.20. The smallest absolute Gasteiger partial charge is 0.183 e. The molecule has 6 atom stereocenters. The van der Waals surface area contributed by atoms with Gasteiger partial charge in [0.15, 0.2) is 5.90 Å². The molecule has 2 aliphatic heterocycles. The van der Waals surface area contributed by atoms with E-state index in [-0.39, 0.29) is 0 Å². The summed E-state index contributed by atoms with van der Waals surface area (Å²) in [6, 6.07) is 0. The molecule has 0 aromatic heterocycles. The Bertz CT molecular complexity index is 359. The largest absolute Gasteiger partial charge is 0.481 e. The first kappa shape index (κ1) is 11.2. The molecule has 2 heterocycles. The van der Waals surface area contributed by atoms with E-state index in [1.165, 1.54) is 12.8 Å². The molecule has 0 radical (unpaired) electrons. The van der Waals surface area contributed by atoms with E-state index in [1.54, 1.807) is 0 Å². The molecule has 18 heavy (non-hydrogen) atoms. The normalized spacial score (nSPS) is 48.9. The highest BCUT2D eigenvalue weighted by Crippen LogP contribution is 2.41. The number of epoxide rings is 2. The van der Waals surface area contributed by atoms with Crippen molar-refractivity contribution in [3.8, 4) is 0 Å². The van der Waals surface area contributed by atoms with Crippen molar-refractivity contribution in [3.63, 3.8) is 0 Å². The van der Waals surface area contributed by atoms with Gasteiger partial charge in [0, 0.05) is 5.92 Å². The summed E-state index contributed by atoms with van der Waals surface area (Å²) in [7, 11) is 0. The first-order valence-electron chi connectivity index (χ1n) is 7.32. The second-order valence-corrected chi connectivity index (χ2v) is 6.29. The Balaban J connectivity index is 1.23. The van der Waals surface area contributed by atoms with Crippen molar-refractivity contribution >= 4 is 5.90 Å². The van der Waals surface area contributed by atoms with E-state index in [1.807, 2.05) is 0 Å². The lowest BCUT2D eigenvalue weighted by Gasteiger charge is -2.23. The van der Waals surface area contributed by atoms with Crippen molar-refractivity contribution in [3.05, 3.63) is 0 Å². The van der Waals surface area contributed by atoms with Crippen LogP contribution in [-0.2, 0) is 14.2 Å². The highest BCUT2D eigenvalue weighted by atomic mass is 16.6. The van der Waals surface area contributed by atoms with Crippen molar-refractivity contribution in [1.82, 2.24) is 0 Å². The predicted octanol–water partition coefficient (Wildman–Crippen LogP) is 2.12. The van der Waals surface area contributed by atoms with Gasteiger partial charge in [0.25, 0.3) is 0 Å². The first-order valence-corrected chi connectivity index (χ1v) is 7.32. The van der Waals surface area contributed by atoms with Crippen molar-refractivity contribution in [2.24, 2.45) is 11.8 Å². The average Bonchev–Trinajstić information content (AvgIpc) is 3.26. The third-order valence-corrected chi connectivity index (χ3v) is 4.96. The molecule has 0 aromatic carbocycles. The molecule has 4 aliphatic rings. The van der Waals surface area contributed by atoms with E-state index < -0.39 is 0 Å². The Morgan fingerprint density at radius 2 is 1.67 bits per heavy atom. The Hall–Kier alpha value is -0.610. The molecule has 0 aromatic rings. The van der Waals surface area contributed by atoms with Crippen LogP contribution in [0.25, 0.3) is 0 Å². The van der Waals surface area contributed by atoms with Crippen molar-refractivity contribution < 1.29 is 14.2 Å². The molecule has 1 N–H and O–H groups in total. The third kappa shape index (κ3) is 2.16. The van der Waals surface area contributed by atoms with Gasteiger partial charge in [-0.3, -0.25) is 5.41 Å². The SMILES string of the molecule is N=C(OCC1CCC2OC2C1)C1CCC2OC2C1. The van der Waals surface area contributed by atoms with Crippen LogP contribution in [0.4, 0.5) is 0 Å². The van der Waals surface area contributed by atoms with Crippen LogP contribution in [0.15, 0.2) is 0 Å². The number of hydrogen-bond acceptors (Lipinski definition) is 4. The van der Waals surface area contributed by atoms with Crippen LogP contribution in [0.5, 0.6) is 0 Å². The molecule has 2 saturated heterocycles. The summed E-state index contributed by atoms with van der Waals surface area (Å²) >= 11 is 0. The lowest BCUT2D eigenvalue weighted by Crippen LogP contribution is -2.26. The number of rotatable bonds is 3. The van der Waals surface area contributed by atoms with Gasteiger partial charge in [-0.2, -0.15) is 0 Å². The molecule has 0 amide bonds. The van der Waals surface area contributed by atoms with Gasteiger partial charge in [-0.1, -0.05) is 0 Å². The van der Waals surface area contributed by atoms with Crippen LogP contribution >= 0.6 is 0 Å². The van der Waals surface area contributed by atoms with Crippen molar-refractivity contribution in [1.29, 1.82) is 5.41 Å². The molecule has 0 spiro atoms. The number of ether oxygens (including phenoxy) is 3. The van der Waals surface area contributed by atoms with Gasteiger partial charge in [0.05, 0.1) is 31.0 Å². The molecule has 4 heteroatoms. The Kier molecular flexibility index (Phi) is 2.62. The lowest BCUT2D eigenvalue weighted by atomic mass is 9.88. The summed E-state index contributed by atoms with van der Waals surface area (Å²) in [5.74, 6) is 1.41. The van der Waals surface area contributed by atoms with E-state index in [4.69, 9.17) is 19.6 Å². The molecule has 4 nitrogen and oxygen atoms in total. The Morgan fingerprint density at radius 1 is 0.944 bits per heavy atom. The van der Waals surface area contributed by atoms with Crippen LogP contribution in [0.2, 0.25) is 0 Å². The molecule has 6 unspecified atom stereocenters. The molecule has 2 saturated carbocycles. The first-order chi connectivity index (χ1) is 8.79. The van der Waals surface area contributed by atoms with Gasteiger partial charge in [-0.25, -0.2) is 0 Å². The molecular weight excluding hydrogens is 230 g/mol. The Labute approximate surface area is 107 Å². The maximum absolute atomic E-state index is 8.06. The summed E-state index contributed by atoms with van der Waals surface area (Å²) < 4.78 is 16.8. The Morgan fingerprint density at radius 3 is 2.39 bits per heavy atom. The fourth-order valence-corrected chi connectivity index (χ4v) is 3.61. The van der Waals surface area contributed by atoms with Crippen LogP contribution in [0, 0.1) is 17.2 Å². The van der Waals surface area contributed by atoms with Crippen LogP contribution < -0.4 is 0 Å². The zero-order valence-corrected chi connectivity index (χ0v) is 10.6. The van der Waals surface area contributed by atoms with Crippen LogP contribution in [0.1, 0.15) is 38.5 Å². The minimum atomic E-state index is 0.308. The van der Waals surface area contributed by atoms with Crippen molar-refractivity contribution in [2.45, 2.75) is 62.9 Å². The lowest BCUT2D eigenvalue weighted by molar-refractivity contribution is 0.188. The topological polar surface area (TPSA) is 58.1 Å². The highest BCUT2D eigenvalue weighted by Gasteiger charge is 2.46. The standard InChI is InChI=1S/C14H21NO3/c15-14(9-2-4-11-13(6-9)18-11)16-7-8-1-3-10-12(5-8)17-10/h8-13,15H,1-7H2. The summed E-state index contributed by atoms with van der Waals surface area (Å²) in [5.41, 5.74) is 0. The summed E-state index contributed by atoms with van der Waals surface area (Å²) in [5, 5.41) is 8.06. The second-order valence-electron chi connectivity index (χ2n) is 6.29. The van der Waals surface area contributed by atoms with E-state index in [0.29, 0.717) is 42.1 Å². The van der Waals surface area contributed by atoms with Gasteiger partial charge in [-0.05, 0) is 44.4 Å². The van der Waals surface area contributed by atoms with Crippen molar-refractivity contribution in [2.75, 3.05) is 6.61 Å². The number of nitrogens with one attached hydrogen (secondary N) is 1. The quantitative estimate of drug-likeness (QED) is 0.475. The van der Waals surface area contributed by atoms with E-state index in [9.17, 15) is 0 Å². The molecule has 4 rings (SSSR count). The third-order valence-electron chi connectivity index (χ3n) is 4.96. The summed E-state index contributed by atoms with van der Waals surface area (Å²) in [6.07, 6.45) is 8.72. The monoisotopic (exact) mass is 251 g/mol. The zero-order chi connectivity index (χ0) is 12.1. The molecule has 4 fully saturated rings. The van der Waals surface area contributed by atoms with Gasteiger partial charge < -0.3 is 14.2 Å². The van der Waals surface area contributed by atoms with Gasteiger partial charge in [-0.15, -0.1) is 0 Å². The van der Waals surface area contributed by atoms with Gasteiger partial charge >= 0.3 is 0 Å². The summed E-state index contributed by atoms with van der Waals surface area (Å²) in [4.78, 5) is 0. The number of fused-ring (bicyclic) bond motifs is 2. The maximum Gasteiger partial charge on any atom is 0.183 e. The molecular formula is C14H21NO3. The highest BCUT2D eigenvalue weighted by molar-refractivity contribution is 5.75. The van der Waals surface area contributed by atoms with Gasteiger partial charge in [0.1, 0.15) is 0 Å². The molecule has 2 aliphatic carbocycles.